The van der Waals surface area contributed by atoms with Gasteiger partial charge in [-0.3, -0.25) is 9.55 Å². The van der Waals surface area contributed by atoms with E-state index in [9.17, 15) is 0 Å². The van der Waals surface area contributed by atoms with E-state index in [2.05, 4.69) is 40.5 Å². The first-order chi connectivity index (χ1) is 8.25. The highest BCUT2D eigenvalue weighted by molar-refractivity contribution is 5.79. The number of benzene rings is 1. The second kappa shape index (κ2) is 3.70. The standard InChI is InChI=1S/C14H13N3/c1-10-7-13-14(8-11(10)2)17(9-16-13)12-3-5-15-6-4-12/h3-9H,1-2H3. The Hall–Kier alpha value is -2.16. The zero-order valence-corrected chi connectivity index (χ0v) is 9.88. The fraction of sp³-hybridized carbons (Fsp3) is 0.143. The van der Waals surface area contributed by atoms with Crippen molar-refractivity contribution in [3.05, 3.63) is 54.1 Å². The van der Waals surface area contributed by atoms with Crippen molar-refractivity contribution >= 4 is 11.0 Å². The zero-order valence-electron chi connectivity index (χ0n) is 9.88. The van der Waals surface area contributed by atoms with Gasteiger partial charge in [-0.2, -0.15) is 0 Å². The predicted molar refractivity (Wildman–Crippen MR) is 68.3 cm³/mol. The summed E-state index contributed by atoms with van der Waals surface area (Å²) < 4.78 is 2.09. The van der Waals surface area contributed by atoms with Crippen molar-refractivity contribution in [3.8, 4) is 5.69 Å². The van der Waals surface area contributed by atoms with Crippen LogP contribution >= 0.6 is 0 Å². The Kier molecular flexibility index (Phi) is 2.18. The van der Waals surface area contributed by atoms with Gasteiger partial charge in [0.2, 0.25) is 0 Å². The van der Waals surface area contributed by atoms with Gasteiger partial charge in [0, 0.05) is 12.4 Å². The number of nitrogens with zero attached hydrogens (tertiary/aromatic N) is 3. The fourth-order valence-electron chi connectivity index (χ4n) is 1.97. The van der Waals surface area contributed by atoms with Gasteiger partial charge in [0.05, 0.1) is 16.7 Å². The average Bonchev–Trinajstić information content (AvgIpc) is 2.74. The summed E-state index contributed by atoms with van der Waals surface area (Å²) in [6, 6.07) is 8.27. The van der Waals surface area contributed by atoms with Crippen LogP contribution in [0.4, 0.5) is 0 Å². The van der Waals surface area contributed by atoms with E-state index in [1.807, 2.05) is 18.5 Å². The van der Waals surface area contributed by atoms with Crippen LogP contribution in [0.3, 0.4) is 0 Å². The van der Waals surface area contributed by atoms with Gasteiger partial charge in [-0.15, -0.1) is 0 Å². The fourth-order valence-corrected chi connectivity index (χ4v) is 1.97. The molecule has 17 heavy (non-hydrogen) atoms. The monoisotopic (exact) mass is 223 g/mol. The predicted octanol–water partition coefficient (Wildman–Crippen LogP) is 3.04. The third kappa shape index (κ3) is 1.60. The highest BCUT2D eigenvalue weighted by atomic mass is 15.0. The Morgan fingerprint density at radius 3 is 2.47 bits per heavy atom. The maximum Gasteiger partial charge on any atom is 0.100 e. The lowest BCUT2D eigenvalue weighted by Gasteiger charge is -2.05. The number of imidazole rings is 1. The summed E-state index contributed by atoms with van der Waals surface area (Å²) in [5, 5.41) is 0. The minimum atomic E-state index is 1.03. The molecule has 0 saturated heterocycles. The number of pyridine rings is 1. The smallest absolute Gasteiger partial charge is 0.100 e. The van der Waals surface area contributed by atoms with Crippen molar-refractivity contribution in [3.63, 3.8) is 0 Å². The van der Waals surface area contributed by atoms with E-state index in [0.29, 0.717) is 0 Å². The Labute approximate surface area is 99.8 Å². The first-order valence-electron chi connectivity index (χ1n) is 5.60. The molecule has 0 saturated carbocycles. The minimum absolute atomic E-state index is 1.03. The zero-order chi connectivity index (χ0) is 11.8. The Morgan fingerprint density at radius 1 is 1.00 bits per heavy atom. The SMILES string of the molecule is Cc1cc2ncn(-c3ccncc3)c2cc1C. The molecule has 3 heteroatoms. The molecule has 0 amide bonds. The summed E-state index contributed by atoms with van der Waals surface area (Å²) in [7, 11) is 0. The molecule has 0 fully saturated rings. The molecule has 0 aliphatic heterocycles. The van der Waals surface area contributed by atoms with Crippen molar-refractivity contribution in [1.29, 1.82) is 0 Å². The highest BCUT2D eigenvalue weighted by Gasteiger charge is 2.05. The first kappa shape index (κ1) is 10.0. The summed E-state index contributed by atoms with van der Waals surface area (Å²) in [6.07, 6.45) is 5.45. The number of hydrogen-bond donors (Lipinski definition) is 0. The molecule has 2 aromatic heterocycles. The summed E-state index contributed by atoms with van der Waals surface area (Å²) >= 11 is 0. The van der Waals surface area contributed by atoms with Crippen molar-refractivity contribution in [1.82, 2.24) is 14.5 Å². The molecule has 0 N–H and O–H groups in total. The average molecular weight is 223 g/mol. The van der Waals surface area contributed by atoms with E-state index >= 15 is 0 Å². The van der Waals surface area contributed by atoms with Gasteiger partial charge >= 0.3 is 0 Å². The van der Waals surface area contributed by atoms with Gasteiger partial charge in [-0.05, 0) is 49.2 Å². The van der Waals surface area contributed by atoms with Crippen molar-refractivity contribution in [2.75, 3.05) is 0 Å². The molecule has 0 spiro atoms. The number of aromatic nitrogens is 3. The summed E-state index contributed by atoms with van der Waals surface area (Å²) in [4.78, 5) is 8.47. The van der Waals surface area contributed by atoms with Crippen LogP contribution in [-0.4, -0.2) is 14.5 Å². The maximum absolute atomic E-state index is 4.44. The molecule has 0 radical (unpaired) electrons. The summed E-state index contributed by atoms with van der Waals surface area (Å²) in [5.74, 6) is 0. The third-order valence-corrected chi connectivity index (χ3v) is 3.10. The molecule has 0 bridgehead atoms. The quantitative estimate of drug-likeness (QED) is 0.634. The molecule has 3 aromatic rings. The maximum atomic E-state index is 4.44. The van der Waals surface area contributed by atoms with E-state index in [1.54, 1.807) is 12.4 Å². The number of hydrogen-bond acceptors (Lipinski definition) is 2. The molecule has 1 aromatic carbocycles. The second-order valence-electron chi connectivity index (χ2n) is 4.25. The van der Waals surface area contributed by atoms with Crippen LogP contribution in [0.15, 0.2) is 43.0 Å². The van der Waals surface area contributed by atoms with Crippen molar-refractivity contribution in [2.24, 2.45) is 0 Å². The normalized spacial score (nSPS) is 10.9. The number of rotatable bonds is 1. The lowest BCUT2D eigenvalue weighted by atomic mass is 10.1. The van der Waals surface area contributed by atoms with Gasteiger partial charge in [0.1, 0.15) is 6.33 Å². The molecule has 0 unspecified atom stereocenters. The molecular formula is C14H13N3. The molecule has 3 rings (SSSR count). The van der Waals surface area contributed by atoms with Crippen molar-refractivity contribution in [2.45, 2.75) is 13.8 Å². The minimum Gasteiger partial charge on any atom is -0.299 e. The van der Waals surface area contributed by atoms with Crippen molar-refractivity contribution < 1.29 is 0 Å². The molecule has 0 aliphatic carbocycles. The Balaban J connectivity index is 2.29. The van der Waals surface area contributed by atoms with Gasteiger partial charge in [-0.25, -0.2) is 4.98 Å². The number of aryl methyl sites for hydroxylation is 2. The molecule has 0 aliphatic rings. The topological polar surface area (TPSA) is 30.7 Å². The van der Waals surface area contributed by atoms with E-state index in [4.69, 9.17) is 0 Å². The van der Waals surface area contributed by atoms with E-state index in [0.717, 1.165) is 16.7 Å². The number of fused-ring (bicyclic) bond motifs is 1. The molecule has 0 atom stereocenters. The molecular weight excluding hydrogens is 210 g/mol. The van der Waals surface area contributed by atoms with Gasteiger partial charge in [-0.1, -0.05) is 0 Å². The van der Waals surface area contributed by atoms with Gasteiger partial charge < -0.3 is 0 Å². The molecule has 84 valence electrons. The summed E-state index contributed by atoms with van der Waals surface area (Å²) in [6.45, 7) is 4.24. The van der Waals surface area contributed by atoms with Crippen LogP contribution in [0.2, 0.25) is 0 Å². The lowest BCUT2D eigenvalue weighted by Crippen LogP contribution is -1.92. The molecule has 2 heterocycles. The Morgan fingerprint density at radius 2 is 1.71 bits per heavy atom. The van der Waals surface area contributed by atoms with Crippen LogP contribution in [-0.2, 0) is 0 Å². The van der Waals surface area contributed by atoms with E-state index < -0.39 is 0 Å². The van der Waals surface area contributed by atoms with Crippen LogP contribution in [0, 0.1) is 13.8 Å². The third-order valence-electron chi connectivity index (χ3n) is 3.10. The molecule has 3 nitrogen and oxygen atoms in total. The Bertz CT molecular complexity index is 669. The van der Waals surface area contributed by atoms with Crippen LogP contribution in [0.25, 0.3) is 16.7 Å². The highest BCUT2D eigenvalue weighted by Crippen LogP contribution is 2.21. The van der Waals surface area contributed by atoms with Crippen LogP contribution in [0.5, 0.6) is 0 Å². The van der Waals surface area contributed by atoms with Crippen LogP contribution < -0.4 is 0 Å². The van der Waals surface area contributed by atoms with E-state index in [1.165, 1.54) is 11.1 Å². The van der Waals surface area contributed by atoms with Gasteiger partial charge in [0.25, 0.3) is 0 Å². The second-order valence-corrected chi connectivity index (χ2v) is 4.25. The summed E-state index contributed by atoms with van der Waals surface area (Å²) in [5.41, 5.74) is 5.82. The first-order valence-corrected chi connectivity index (χ1v) is 5.60. The lowest BCUT2D eigenvalue weighted by molar-refractivity contribution is 1.08. The van der Waals surface area contributed by atoms with Crippen LogP contribution in [0.1, 0.15) is 11.1 Å². The van der Waals surface area contributed by atoms with E-state index in [-0.39, 0.29) is 0 Å². The largest absolute Gasteiger partial charge is 0.299 e. The van der Waals surface area contributed by atoms with Gasteiger partial charge in [0.15, 0.2) is 0 Å².